The van der Waals surface area contributed by atoms with Crippen molar-refractivity contribution in [2.24, 2.45) is 0 Å². The number of pyridine rings is 1. The van der Waals surface area contributed by atoms with Gasteiger partial charge in [-0.1, -0.05) is 35.9 Å². The smallest absolute Gasteiger partial charge is 0.255 e. The summed E-state index contributed by atoms with van der Waals surface area (Å²) in [7, 11) is 0. The van der Waals surface area contributed by atoms with Gasteiger partial charge in [-0.15, -0.1) is 0 Å². The third-order valence-corrected chi connectivity index (χ3v) is 6.28. The number of rotatable bonds is 8. The van der Waals surface area contributed by atoms with Crippen LogP contribution in [0.5, 0.6) is 5.75 Å². The maximum atomic E-state index is 13.0. The van der Waals surface area contributed by atoms with Crippen molar-refractivity contribution in [3.8, 4) is 5.75 Å². The van der Waals surface area contributed by atoms with Crippen molar-refractivity contribution in [2.75, 3.05) is 24.6 Å². The van der Waals surface area contributed by atoms with Crippen LogP contribution in [0.15, 0.2) is 79.5 Å². The van der Waals surface area contributed by atoms with E-state index in [2.05, 4.69) is 24.8 Å². The largest absolute Gasteiger partial charge is 0.489 e. The SMILES string of the molecule is O=C(NCCc1cccnc1)c1cccc2c1OCCN2Cc1cncn1Cc1ccc(Cl)cc1. The summed E-state index contributed by atoms with van der Waals surface area (Å²) in [4.78, 5) is 23.7. The van der Waals surface area contributed by atoms with Crippen LogP contribution in [0.2, 0.25) is 5.02 Å². The average Bonchev–Trinajstić information content (AvgIpc) is 3.32. The number of ether oxygens (including phenoxy) is 1. The molecule has 0 bridgehead atoms. The van der Waals surface area contributed by atoms with Crippen LogP contribution in [0.4, 0.5) is 5.69 Å². The Morgan fingerprint density at radius 1 is 1.00 bits per heavy atom. The fraction of sp³-hybridized carbons (Fsp3) is 0.222. The molecule has 2 aromatic heterocycles. The minimum Gasteiger partial charge on any atom is -0.489 e. The third kappa shape index (κ3) is 5.46. The molecule has 0 atom stereocenters. The zero-order valence-corrected chi connectivity index (χ0v) is 20.0. The van der Waals surface area contributed by atoms with Gasteiger partial charge in [0.1, 0.15) is 6.61 Å². The molecular weight excluding hydrogens is 462 g/mol. The van der Waals surface area contributed by atoms with Gasteiger partial charge in [-0.2, -0.15) is 0 Å². The summed E-state index contributed by atoms with van der Waals surface area (Å²) < 4.78 is 8.11. The van der Waals surface area contributed by atoms with E-state index < -0.39 is 0 Å². The second-order valence-electron chi connectivity index (χ2n) is 8.43. The van der Waals surface area contributed by atoms with Gasteiger partial charge in [0.15, 0.2) is 5.75 Å². The summed E-state index contributed by atoms with van der Waals surface area (Å²) in [5.74, 6) is 0.488. The number of nitrogens with one attached hydrogen (secondary N) is 1. The van der Waals surface area contributed by atoms with Gasteiger partial charge in [0, 0.05) is 36.7 Å². The Hall–Kier alpha value is -3.84. The summed E-state index contributed by atoms with van der Waals surface area (Å²) in [6.07, 6.45) is 8.01. The van der Waals surface area contributed by atoms with E-state index in [9.17, 15) is 4.79 Å². The summed E-state index contributed by atoms with van der Waals surface area (Å²) in [5.41, 5.74) is 4.78. The maximum absolute atomic E-state index is 13.0. The number of amides is 1. The number of nitrogens with zero attached hydrogens (tertiary/aromatic N) is 4. The highest BCUT2D eigenvalue weighted by atomic mass is 35.5. The van der Waals surface area contributed by atoms with E-state index in [-0.39, 0.29) is 5.91 Å². The molecule has 0 unspecified atom stereocenters. The Balaban J connectivity index is 1.28. The molecule has 0 spiro atoms. The predicted molar refractivity (Wildman–Crippen MR) is 136 cm³/mol. The molecule has 178 valence electrons. The summed E-state index contributed by atoms with van der Waals surface area (Å²) in [6.45, 7) is 3.14. The van der Waals surface area contributed by atoms with Gasteiger partial charge in [-0.05, 0) is 47.9 Å². The van der Waals surface area contributed by atoms with Crippen molar-refractivity contribution < 1.29 is 9.53 Å². The molecule has 0 saturated carbocycles. The molecule has 8 heteroatoms. The van der Waals surface area contributed by atoms with Crippen LogP contribution in [0.25, 0.3) is 0 Å². The molecule has 1 amide bonds. The molecule has 0 radical (unpaired) electrons. The standard InChI is InChI=1S/C27H26ClN5O2/c28-22-8-6-21(7-9-22)17-33-19-30-16-23(33)18-32-13-14-35-26-24(4-1-5-25(26)32)27(34)31-12-10-20-3-2-11-29-15-20/h1-9,11,15-16,19H,10,12-14,17-18H2,(H,31,34). The van der Waals surface area contributed by atoms with E-state index in [0.717, 1.165) is 40.5 Å². The first-order valence-electron chi connectivity index (χ1n) is 11.6. The van der Waals surface area contributed by atoms with Crippen LogP contribution in [-0.2, 0) is 19.5 Å². The van der Waals surface area contributed by atoms with Gasteiger partial charge < -0.3 is 19.5 Å². The number of fused-ring (bicyclic) bond motifs is 1. The molecule has 3 heterocycles. The Bertz CT molecular complexity index is 1290. The van der Waals surface area contributed by atoms with Gasteiger partial charge in [-0.25, -0.2) is 4.98 Å². The molecular formula is C27H26ClN5O2. The summed E-state index contributed by atoms with van der Waals surface area (Å²) >= 11 is 6.02. The van der Waals surface area contributed by atoms with Crippen LogP contribution in [0, 0.1) is 0 Å². The minimum atomic E-state index is -0.139. The van der Waals surface area contributed by atoms with Crippen molar-refractivity contribution in [1.29, 1.82) is 0 Å². The quantitative estimate of drug-likeness (QED) is 0.400. The molecule has 1 aliphatic rings. The number of halogens is 1. The lowest BCUT2D eigenvalue weighted by Crippen LogP contribution is -2.34. The zero-order valence-electron chi connectivity index (χ0n) is 19.2. The molecule has 1 N–H and O–H groups in total. The molecule has 2 aromatic carbocycles. The number of anilines is 1. The number of hydrogen-bond acceptors (Lipinski definition) is 5. The second-order valence-corrected chi connectivity index (χ2v) is 8.87. The Kier molecular flexibility index (Phi) is 6.95. The predicted octanol–water partition coefficient (Wildman–Crippen LogP) is 4.35. The van der Waals surface area contributed by atoms with Crippen molar-refractivity contribution in [3.63, 3.8) is 0 Å². The van der Waals surface area contributed by atoms with E-state index in [1.54, 1.807) is 6.20 Å². The highest BCUT2D eigenvalue weighted by Crippen LogP contribution is 2.35. The number of hydrogen-bond donors (Lipinski definition) is 1. The molecule has 4 aromatic rings. The van der Waals surface area contributed by atoms with Gasteiger partial charge >= 0.3 is 0 Å². The van der Waals surface area contributed by atoms with E-state index >= 15 is 0 Å². The first kappa shape index (κ1) is 22.9. The lowest BCUT2D eigenvalue weighted by molar-refractivity contribution is 0.0949. The van der Waals surface area contributed by atoms with E-state index in [1.165, 1.54) is 0 Å². The van der Waals surface area contributed by atoms with Crippen molar-refractivity contribution in [3.05, 3.63) is 107 Å². The monoisotopic (exact) mass is 487 g/mol. The van der Waals surface area contributed by atoms with Gasteiger partial charge in [0.05, 0.1) is 36.4 Å². The van der Waals surface area contributed by atoms with Crippen LogP contribution in [-0.4, -0.2) is 40.1 Å². The van der Waals surface area contributed by atoms with Crippen LogP contribution < -0.4 is 15.0 Å². The van der Waals surface area contributed by atoms with Gasteiger partial charge in [-0.3, -0.25) is 9.78 Å². The highest BCUT2D eigenvalue weighted by Gasteiger charge is 2.24. The van der Waals surface area contributed by atoms with Crippen LogP contribution >= 0.6 is 11.6 Å². The number of carbonyl (C=O) groups excluding carboxylic acids is 1. The topological polar surface area (TPSA) is 72.3 Å². The average molecular weight is 488 g/mol. The lowest BCUT2D eigenvalue weighted by atomic mass is 10.1. The Labute approximate surface area is 209 Å². The van der Waals surface area contributed by atoms with E-state index in [1.807, 2.05) is 73.3 Å². The molecule has 5 rings (SSSR count). The Morgan fingerprint density at radius 3 is 2.71 bits per heavy atom. The van der Waals surface area contributed by atoms with Crippen molar-refractivity contribution in [2.45, 2.75) is 19.5 Å². The van der Waals surface area contributed by atoms with Crippen molar-refractivity contribution in [1.82, 2.24) is 19.9 Å². The maximum Gasteiger partial charge on any atom is 0.255 e. The lowest BCUT2D eigenvalue weighted by Gasteiger charge is -2.32. The zero-order chi connectivity index (χ0) is 24.0. The van der Waals surface area contributed by atoms with Gasteiger partial charge in [0.2, 0.25) is 0 Å². The fourth-order valence-corrected chi connectivity index (χ4v) is 4.34. The molecule has 0 fully saturated rings. The number of para-hydroxylation sites is 1. The minimum absolute atomic E-state index is 0.139. The third-order valence-electron chi connectivity index (χ3n) is 6.03. The fourth-order valence-electron chi connectivity index (χ4n) is 4.21. The normalized spacial score (nSPS) is 12.7. The number of benzene rings is 2. The molecule has 0 aliphatic carbocycles. The molecule has 7 nitrogen and oxygen atoms in total. The van der Waals surface area contributed by atoms with Crippen molar-refractivity contribution >= 4 is 23.2 Å². The number of aromatic nitrogens is 3. The second kappa shape index (κ2) is 10.6. The molecule has 1 aliphatic heterocycles. The first-order valence-corrected chi connectivity index (χ1v) is 12.0. The summed E-state index contributed by atoms with van der Waals surface area (Å²) in [6, 6.07) is 17.5. The first-order chi connectivity index (χ1) is 17.2. The summed E-state index contributed by atoms with van der Waals surface area (Å²) in [5, 5.41) is 3.73. The number of carbonyl (C=O) groups is 1. The van der Waals surface area contributed by atoms with Crippen LogP contribution in [0.1, 0.15) is 27.2 Å². The van der Waals surface area contributed by atoms with Crippen LogP contribution in [0.3, 0.4) is 0 Å². The van der Waals surface area contributed by atoms with E-state index in [4.69, 9.17) is 16.3 Å². The number of imidazole rings is 1. The molecule has 35 heavy (non-hydrogen) atoms. The Morgan fingerprint density at radius 2 is 1.89 bits per heavy atom. The van der Waals surface area contributed by atoms with Gasteiger partial charge in [0.25, 0.3) is 5.91 Å². The molecule has 0 saturated heterocycles. The van der Waals surface area contributed by atoms with E-state index in [0.29, 0.717) is 37.6 Å². The highest BCUT2D eigenvalue weighted by molar-refractivity contribution is 6.30.